The molecule has 1 heterocycles. The van der Waals surface area contributed by atoms with Crippen molar-refractivity contribution in [2.75, 3.05) is 18.6 Å². The van der Waals surface area contributed by atoms with Gasteiger partial charge in [0, 0.05) is 18.3 Å². The van der Waals surface area contributed by atoms with E-state index >= 15 is 0 Å². The average Bonchev–Trinajstić information content (AvgIpc) is 2.71. The van der Waals surface area contributed by atoms with Gasteiger partial charge in [0.15, 0.2) is 0 Å². The number of amides is 1. The molecule has 0 spiro atoms. The molecule has 2 rings (SSSR count). The molecule has 1 saturated heterocycles. The van der Waals surface area contributed by atoms with E-state index in [-0.39, 0.29) is 5.91 Å². The first-order valence-corrected chi connectivity index (χ1v) is 5.31. The summed E-state index contributed by atoms with van der Waals surface area (Å²) in [5.41, 5.74) is 0.679. The van der Waals surface area contributed by atoms with Crippen molar-refractivity contribution in [1.29, 1.82) is 0 Å². The van der Waals surface area contributed by atoms with E-state index in [2.05, 4.69) is 0 Å². The van der Waals surface area contributed by atoms with Crippen LogP contribution in [0.5, 0.6) is 5.75 Å². The standard InChI is InChI=1S/C12H13NO4/c1-17-9-4-2-3-8(7-9)13-6-5-10(11(13)14)12(15)16/h2-4,7,10H,5-6H2,1H3,(H,15,16). The summed E-state index contributed by atoms with van der Waals surface area (Å²) in [7, 11) is 1.55. The van der Waals surface area contributed by atoms with Crippen LogP contribution in [-0.2, 0) is 9.59 Å². The third kappa shape index (κ3) is 2.08. The second-order valence-corrected chi connectivity index (χ2v) is 3.87. The Hall–Kier alpha value is -2.04. The Kier molecular flexibility index (Phi) is 2.99. The van der Waals surface area contributed by atoms with Crippen LogP contribution in [0.25, 0.3) is 0 Å². The van der Waals surface area contributed by atoms with Gasteiger partial charge in [0.25, 0.3) is 0 Å². The Morgan fingerprint density at radius 2 is 2.29 bits per heavy atom. The van der Waals surface area contributed by atoms with Gasteiger partial charge in [0.2, 0.25) is 5.91 Å². The number of anilines is 1. The second-order valence-electron chi connectivity index (χ2n) is 3.87. The fourth-order valence-electron chi connectivity index (χ4n) is 1.94. The zero-order valence-electron chi connectivity index (χ0n) is 9.42. The summed E-state index contributed by atoms with van der Waals surface area (Å²) >= 11 is 0. The summed E-state index contributed by atoms with van der Waals surface area (Å²) in [5.74, 6) is -1.68. The van der Waals surface area contributed by atoms with Crippen molar-refractivity contribution in [3.05, 3.63) is 24.3 Å². The van der Waals surface area contributed by atoms with Gasteiger partial charge in [-0.15, -0.1) is 0 Å². The molecular formula is C12H13NO4. The highest BCUT2D eigenvalue weighted by atomic mass is 16.5. The molecule has 1 fully saturated rings. The molecule has 5 heteroatoms. The molecule has 0 aromatic heterocycles. The molecular weight excluding hydrogens is 222 g/mol. The third-order valence-electron chi connectivity index (χ3n) is 2.87. The molecule has 1 atom stereocenters. The van der Waals surface area contributed by atoms with Crippen molar-refractivity contribution in [3.8, 4) is 5.75 Å². The molecule has 1 N–H and O–H groups in total. The number of carboxylic acid groups (broad SMARTS) is 1. The fraction of sp³-hybridized carbons (Fsp3) is 0.333. The number of benzene rings is 1. The molecule has 1 aromatic carbocycles. The van der Waals surface area contributed by atoms with Crippen LogP contribution in [0.2, 0.25) is 0 Å². The highest BCUT2D eigenvalue weighted by Crippen LogP contribution is 2.27. The summed E-state index contributed by atoms with van der Waals surface area (Å²) in [5, 5.41) is 8.88. The predicted molar refractivity (Wildman–Crippen MR) is 61.1 cm³/mol. The van der Waals surface area contributed by atoms with E-state index in [0.717, 1.165) is 0 Å². The van der Waals surface area contributed by atoms with Crippen LogP contribution in [0.15, 0.2) is 24.3 Å². The second kappa shape index (κ2) is 4.45. The van der Waals surface area contributed by atoms with Gasteiger partial charge in [-0.25, -0.2) is 0 Å². The predicted octanol–water partition coefficient (Wildman–Crippen LogP) is 1.13. The van der Waals surface area contributed by atoms with Crippen LogP contribution in [0, 0.1) is 5.92 Å². The molecule has 1 aliphatic heterocycles. The highest BCUT2D eigenvalue weighted by Gasteiger charge is 2.37. The Balaban J connectivity index is 2.24. The van der Waals surface area contributed by atoms with Gasteiger partial charge >= 0.3 is 5.97 Å². The molecule has 90 valence electrons. The smallest absolute Gasteiger partial charge is 0.316 e. The zero-order chi connectivity index (χ0) is 12.4. The van der Waals surface area contributed by atoms with Gasteiger partial charge in [0.1, 0.15) is 11.7 Å². The minimum atomic E-state index is -1.06. The number of carbonyl (C=O) groups is 2. The van der Waals surface area contributed by atoms with E-state index in [0.29, 0.717) is 24.4 Å². The van der Waals surface area contributed by atoms with Gasteiger partial charge in [-0.1, -0.05) is 6.07 Å². The molecule has 1 aromatic rings. The lowest BCUT2D eigenvalue weighted by Crippen LogP contribution is -2.30. The Labute approximate surface area is 98.6 Å². The molecule has 1 unspecified atom stereocenters. The number of carboxylic acids is 1. The fourth-order valence-corrected chi connectivity index (χ4v) is 1.94. The summed E-state index contributed by atoms with van der Waals surface area (Å²) in [6, 6.07) is 7.04. The van der Waals surface area contributed by atoms with Crippen LogP contribution in [0.3, 0.4) is 0 Å². The molecule has 1 aliphatic rings. The number of hydrogen-bond acceptors (Lipinski definition) is 3. The number of aliphatic carboxylic acids is 1. The minimum absolute atomic E-state index is 0.353. The number of rotatable bonds is 3. The Bertz CT molecular complexity index is 458. The topological polar surface area (TPSA) is 66.8 Å². The van der Waals surface area contributed by atoms with E-state index < -0.39 is 11.9 Å². The summed E-state index contributed by atoms with van der Waals surface area (Å²) < 4.78 is 5.07. The summed E-state index contributed by atoms with van der Waals surface area (Å²) in [6.45, 7) is 0.433. The first kappa shape index (κ1) is 11.4. The van der Waals surface area contributed by atoms with Crippen molar-refractivity contribution in [2.24, 2.45) is 5.92 Å². The lowest BCUT2D eigenvalue weighted by Gasteiger charge is -2.16. The maximum atomic E-state index is 11.9. The first-order valence-electron chi connectivity index (χ1n) is 5.31. The van der Waals surface area contributed by atoms with E-state index in [4.69, 9.17) is 9.84 Å². The first-order chi connectivity index (χ1) is 8.13. The molecule has 0 bridgehead atoms. The minimum Gasteiger partial charge on any atom is -0.497 e. The van der Waals surface area contributed by atoms with Crippen molar-refractivity contribution in [2.45, 2.75) is 6.42 Å². The highest BCUT2D eigenvalue weighted by molar-refractivity contribution is 6.07. The molecule has 5 nitrogen and oxygen atoms in total. The molecule has 17 heavy (non-hydrogen) atoms. The number of methoxy groups -OCH3 is 1. The van der Waals surface area contributed by atoms with Gasteiger partial charge in [-0.05, 0) is 18.6 Å². The molecule has 1 amide bonds. The monoisotopic (exact) mass is 235 g/mol. The van der Waals surface area contributed by atoms with Gasteiger partial charge < -0.3 is 14.7 Å². The quantitative estimate of drug-likeness (QED) is 0.797. The van der Waals surface area contributed by atoms with Crippen molar-refractivity contribution >= 4 is 17.6 Å². The van der Waals surface area contributed by atoms with Crippen molar-refractivity contribution in [1.82, 2.24) is 0 Å². The van der Waals surface area contributed by atoms with E-state index in [1.807, 2.05) is 0 Å². The maximum absolute atomic E-state index is 11.9. The molecule has 0 saturated carbocycles. The maximum Gasteiger partial charge on any atom is 0.316 e. The van der Waals surface area contributed by atoms with E-state index in [1.165, 1.54) is 4.90 Å². The SMILES string of the molecule is COc1cccc(N2CCC(C(=O)O)C2=O)c1. The normalized spacial score (nSPS) is 19.5. The number of carbonyl (C=O) groups excluding carboxylic acids is 1. The Morgan fingerprint density at radius 1 is 1.53 bits per heavy atom. The zero-order valence-corrected chi connectivity index (χ0v) is 9.42. The van der Waals surface area contributed by atoms with Gasteiger partial charge in [-0.2, -0.15) is 0 Å². The van der Waals surface area contributed by atoms with Crippen LogP contribution in [0.1, 0.15) is 6.42 Å². The van der Waals surface area contributed by atoms with E-state index in [1.54, 1.807) is 31.4 Å². The van der Waals surface area contributed by atoms with Crippen molar-refractivity contribution in [3.63, 3.8) is 0 Å². The Morgan fingerprint density at radius 3 is 2.88 bits per heavy atom. The third-order valence-corrected chi connectivity index (χ3v) is 2.87. The van der Waals surface area contributed by atoms with Crippen molar-refractivity contribution < 1.29 is 19.4 Å². The number of hydrogen-bond donors (Lipinski definition) is 1. The summed E-state index contributed by atoms with van der Waals surface area (Å²) in [4.78, 5) is 24.2. The van der Waals surface area contributed by atoms with Gasteiger partial charge in [0.05, 0.1) is 7.11 Å². The van der Waals surface area contributed by atoms with Crippen LogP contribution >= 0.6 is 0 Å². The van der Waals surface area contributed by atoms with Crippen LogP contribution in [-0.4, -0.2) is 30.6 Å². The number of ether oxygens (including phenoxy) is 1. The largest absolute Gasteiger partial charge is 0.497 e. The lowest BCUT2D eigenvalue weighted by molar-refractivity contribution is -0.144. The average molecular weight is 235 g/mol. The summed E-state index contributed by atoms with van der Waals surface area (Å²) in [6.07, 6.45) is 0.353. The van der Waals surface area contributed by atoms with Crippen LogP contribution in [0.4, 0.5) is 5.69 Å². The van der Waals surface area contributed by atoms with E-state index in [9.17, 15) is 9.59 Å². The number of nitrogens with zero attached hydrogens (tertiary/aromatic N) is 1. The lowest BCUT2D eigenvalue weighted by atomic mass is 10.1. The van der Waals surface area contributed by atoms with Crippen LogP contribution < -0.4 is 9.64 Å². The van der Waals surface area contributed by atoms with Gasteiger partial charge in [-0.3, -0.25) is 9.59 Å². The molecule has 0 aliphatic carbocycles. The molecule has 0 radical (unpaired) electrons.